The highest BCUT2D eigenvalue weighted by atomic mass is 15.2. The van der Waals surface area contributed by atoms with Gasteiger partial charge in [0.2, 0.25) is 0 Å². The van der Waals surface area contributed by atoms with Gasteiger partial charge in [-0.1, -0.05) is 208 Å². The van der Waals surface area contributed by atoms with E-state index in [-0.39, 0.29) is 17.4 Å². The maximum absolute atomic E-state index is 2.70. The van der Waals surface area contributed by atoms with Gasteiger partial charge in [0.1, 0.15) is 0 Å². The molecule has 0 aromatic heterocycles. The lowest BCUT2D eigenvalue weighted by atomic mass is 9.69. The molecule has 2 atom stereocenters. The molecule has 0 heterocycles. The van der Waals surface area contributed by atoms with Gasteiger partial charge in [0.15, 0.2) is 0 Å². The molecule has 0 aliphatic heterocycles. The van der Waals surface area contributed by atoms with Crippen molar-refractivity contribution in [3.63, 3.8) is 0 Å². The number of nitrogens with zero attached hydrogens (tertiary/aromatic N) is 2. The van der Waals surface area contributed by atoms with Crippen LogP contribution in [0.25, 0.3) is 75.9 Å². The molecule has 344 valence electrons. The van der Waals surface area contributed by atoms with Crippen LogP contribution in [0, 0.1) is 5.92 Å². The third kappa shape index (κ3) is 6.43. The van der Waals surface area contributed by atoms with Gasteiger partial charge in [-0.2, -0.15) is 0 Å². The SMILES string of the molecule is CC1(C)C2=CC3=C(N(c4ccc5cc6ccccc6cc5c4)c4cccc5ccccc45)c4ccccc4C(N(c4ccc5cc6ccccc6cc5c4)c4cccc5ccccc45)C3C=C2c2ccccc21. The van der Waals surface area contributed by atoms with Gasteiger partial charge in [-0.05, 0) is 148 Å². The van der Waals surface area contributed by atoms with Crippen molar-refractivity contribution in [2.45, 2.75) is 25.3 Å². The van der Waals surface area contributed by atoms with Crippen molar-refractivity contribution in [3.05, 3.63) is 288 Å². The molecule has 12 aromatic rings. The van der Waals surface area contributed by atoms with Crippen LogP contribution < -0.4 is 9.80 Å². The zero-order chi connectivity index (χ0) is 48.4. The summed E-state index contributed by atoms with van der Waals surface area (Å²) in [4.78, 5) is 5.31. The lowest BCUT2D eigenvalue weighted by Crippen LogP contribution is -2.37. The summed E-state index contributed by atoms with van der Waals surface area (Å²) in [5.74, 6) is -0.0845. The van der Waals surface area contributed by atoms with Crippen molar-refractivity contribution in [3.8, 4) is 0 Å². The summed E-state index contributed by atoms with van der Waals surface area (Å²) in [6, 6.07) is 90.9. The van der Waals surface area contributed by atoms with Crippen LogP contribution in [0.2, 0.25) is 0 Å². The zero-order valence-electron chi connectivity index (χ0n) is 40.8. The highest BCUT2D eigenvalue weighted by Crippen LogP contribution is 2.60. The summed E-state index contributed by atoms with van der Waals surface area (Å²) >= 11 is 0. The predicted octanol–water partition coefficient (Wildman–Crippen LogP) is 19.0. The average molecular weight is 931 g/mol. The molecule has 0 spiro atoms. The fourth-order valence-corrected chi connectivity index (χ4v) is 13.0. The highest BCUT2D eigenvalue weighted by molar-refractivity contribution is 6.08. The molecule has 12 aromatic carbocycles. The van der Waals surface area contributed by atoms with E-state index in [0.29, 0.717) is 0 Å². The quantitative estimate of drug-likeness (QED) is 0.153. The standard InChI is InChI=1S/C71H50N2/c1-71(2)65-30-14-13-27-59(65)62-43-63-64(44-66(62)71)70(73(68-32-16-24-46-18-8-10-26-58(46)68)56-36-34-52-38-48-20-4-6-22-50(48)40-54(52)42-56)61-29-12-11-28-60(61)69(63)72(67-31-15-23-45-17-7-9-25-57(45)67)55-35-33-51-37-47-19-3-5-21-49(47)39-53(51)41-55/h3-44,63,69H,1-2H3. The Kier molecular flexibility index (Phi) is 9.16. The number of allylic oxidation sites excluding steroid dienone is 3. The highest BCUT2D eigenvalue weighted by Gasteiger charge is 2.47. The van der Waals surface area contributed by atoms with E-state index in [0.717, 1.165) is 17.1 Å². The van der Waals surface area contributed by atoms with E-state index in [2.05, 4.69) is 278 Å². The van der Waals surface area contributed by atoms with Crippen LogP contribution in [0.5, 0.6) is 0 Å². The molecule has 0 saturated heterocycles. The minimum Gasteiger partial charge on any atom is -0.332 e. The second-order valence-corrected chi connectivity index (χ2v) is 20.8. The van der Waals surface area contributed by atoms with E-state index < -0.39 is 0 Å². The molecule has 2 unspecified atom stereocenters. The van der Waals surface area contributed by atoms with Crippen LogP contribution >= 0.6 is 0 Å². The first-order valence-electron chi connectivity index (χ1n) is 25.7. The zero-order valence-corrected chi connectivity index (χ0v) is 40.8. The van der Waals surface area contributed by atoms with Crippen molar-refractivity contribution in [2.75, 3.05) is 9.80 Å². The molecular weight excluding hydrogens is 881 g/mol. The average Bonchev–Trinajstić information content (AvgIpc) is 3.66. The van der Waals surface area contributed by atoms with Gasteiger partial charge in [-0.3, -0.25) is 0 Å². The number of fused-ring (bicyclic) bond motifs is 11. The first kappa shape index (κ1) is 41.8. The van der Waals surface area contributed by atoms with Crippen LogP contribution in [-0.4, -0.2) is 0 Å². The molecule has 15 rings (SSSR count). The van der Waals surface area contributed by atoms with Gasteiger partial charge in [-0.15, -0.1) is 0 Å². The Labute approximate surface area is 425 Å². The number of benzene rings is 12. The van der Waals surface area contributed by atoms with Crippen molar-refractivity contribution in [2.24, 2.45) is 5.92 Å². The van der Waals surface area contributed by atoms with E-state index in [1.54, 1.807) is 0 Å². The smallest absolute Gasteiger partial charge is 0.0702 e. The fraction of sp³-hybridized carbons (Fsp3) is 0.0704. The molecular formula is C71H50N2. The second-order valence-electron chi connectivity index (χ2n) is 20.8. The number of hydrogen-bond donors (Lipinski definition) is 0. The van der Waals surface area contributed by atoms with Gasteiger partial charge in [-0.25, -0.2) is 0 Å². The number of rotatable bonds is 6. The molecule has 0 fully saturated rings. The largest absolute Gasteiger partial charge is 0.332 e. The van der Waals surface area contributed by atoms with Crippen LogP contribution in [0.4, 0.5) is 22.7 Å². The molecule has 0 N–H and O–H groups in total. The molecule has 2 heteroatoms. The monoisotopic (exact) mass is 930 g/mol. The van der Waals surface area contributed by atoms with Gasteiger partial charge < -0.3 is 9.80 Å². The van der Waals surface area contributed by atoms with E-state index >= 15 is 0 Å². The van der Waals surface area contributed by atoms with E-state index in [9.17, 15) is 0 Å². The van der Waals surface area contributed by atoms with Crippen molar-refractivity contribution >= 4 is 98.7 Å². The molecule has 2 nitrogen and oxygen atoms in total. The normalized spacial score (nSPS) is 16.6. The molecule has 0 radical (unpaired) electrons. The van der Waals surface area contributed by atoms with Crippen LogP contribution in [0.1, 0.15) is 42.1 Å². The van der Waals surface area contributed by atoms with Crippen LogP contribution in [0.3, 0.4) is 0 Å². The van der Waals surface area contributed by atoms with Gasteiger partial charge >= 0.3 is 0 Å². The Morgan fingerprint density at radius 2 is 0.863 bits per heavy atom. The Hall–Kier alpha value is -8.98. The van der Waals surface area contributed by atoms with Crippen molar-refractivity contribution in [1.82, 2.24) is 0 Å². The Morgan fingerprint density at radius 3 is 1.52 bits per heavy atom. The Bertz CT molecular complexity index is 4380. The first-order valence-corrected chi connectivity index (χ1v) is 25.7. The maximum atomic E-state index is 2.70. The lowest BCUT2D eigenvalue weighted by Gasteiger charge is -2.47. The summed E-state index contributed by atoms with van der Waals surface area (Å²) in [7, 11) is 0. The molecule has 3 aliphatic rings. The third-order valence-electron chi connectivity index (χ3n) is 16.5. The van der Waals surface area contributed by atoms with Crippen molar-refractivity contribution < 1.29 is 0 Å². The second kappa shape index (κ2) is 16.0. The summed E-state index contributed by atoms with van der Waals surface area (Å²) in [5.41, 5.74) is 14.9. The topological polar surface area (TPSA) is 6.48 Å². The Balaban J connectivity index is 1.06. The van der Waals surface area contributed by atoms with E-state index in [4.69, 9.17) is 0 Å². The predicted molar refractivity (Wildman–Crippen MR) is 310 cm³/mol. The third-order valence-corrected chi connectivity index (χ3v) is 16.5. The van der Waals surface area contributed by atoms with Gasteiger partial charge in [0.05, 0.1) is 17.4 Å². The lowest BCUT2D eigenvalue weighted by molar-refractivity contribution is 0.567. The summed E-state index contributed by atoms with van der Waals surface area (Å²) in [6.45, 7) is 4.84. The van der Waals surface area contributed by atoms with Crippen LogP contribution in [0.15, 0.2) is 266 Å². The number of anilines is 4. The summed E-state index contributed by atoms with van der Waals surface area (Å²) < 4.78 is 0. The summed E-state index contributed by atoms with van der Waals surface area (Å²) in [5, 5.41) is 14.8. The van der Waals surface area contributed by atoms with E-state index in [1.165, 1.54) is 115 Å². The Morgan fingerprint density at radius 1 is 0.384 bits per heavy atom. The molecule has 0 saturated carbocycles. The number of hydrogen-bond acceptors (Lipinski definition) is 2. The summed E-state index contributed by atoms with van der Waals surface area (Å²) in [6.07, 6.45) is 5.29. The molecule has 3 aliphatic carbocycles. The minimum absolute atomic E-state index is 0.0845. The maximum Gasteiger partial charge on any atom is 0.0702 e. The van der Waals surface area contributed by atoms with Crippen molar-refractivity contribution in [1.29, 1.82) is 0 Å². The van der Waals surface area contributed by atoms with Gasteiger partial charge in [0.25, 0.3) is 0 Å². The van der Waals surface area contributed by atoms with Crippen LogP contribution in [-0.2, 0) is 5.41 Å². The van der Waals surface area contributed by atoms with Gasteiger partial charge in [0, 0.05) is 44.7 Å². The minimum atomic E-state index is -0.220. The molecule has 0 amide bonds. The molecule has 0 bridgehead atoms. The molecule has 73 heavy (non-hydrogen) atoms. The van der Waals surface area contributed by atoms with E-state index in [1.807, 2.05) is 0 Å². The first-order chi connectivity index (χ1) is 35.9. The fourth-order valence-electron chi connectivity index (χ4n) is 13.0.